The quantitative estimate of drug-likeness (QED) is 0.931. The Labute approximate surface area is 123 Å². The molecule has 1 aliphatic heterocycles. The molecule has 1 amide bonds. The average molecular weight is 301 g/mol. The fourth-order valence-electron chi connectivity index (χ4n) is 2.57. The van der Waals surface area contributed by atoms with E-state index >= 15 is 0 Å². The number of nitrogens with two attached hydrogens (primary N) is 1. The first-order valence-corrected chi connectivity index (χ1v) is 7.16. The summed E-state index contributed by atoms with van der Waals surface area (Å²) in [5.74, 6) is 0.469. The maximum atomic E-state index is 12.1. The molecule has 2 unspecified atom stereocenters. The number of likely N-dealkylation sites (tertiary alicyclic amines) is 1. The predicted molar refractivity (Wildman–Crippen MR) is 78.3 cm³/mol. The maximum Gasteiger partial charge on any atom is 0.224 e. The zero-order valence-electron chi connectivity index (χ0n) is 11.1. The van der Waals surface area contributed by atoms with Crippen molar-refractivity contribution in [3.05, 3.63) is 33.8 Å². The van der Waals surface area contributed by atoms with Crippen molar-refractivity contribution >= 4 is 29.1 Å². The molecule has 0 bridgehead atoms. The predicted octanol–water partition coefficient (Wildman–Crippen LogP) is 3.25. The highest BCUT2D eigenvalue weighted by atomic mass is 35.5. The summed E-state index contributed by atoms with van der Waals surface area (Å²) in [5, 5.41) is 0.989. The lowest BCUT2D eigenvalue weighted by Gasteiger charge is -2.29. The SMILES string of the molecule is CC(C)CN1C(=O)CC(N)C1c1cccc(Cl)c1Cl. The van der Waals surface area contributed by atoms with Gasteiger partial charge >= 0.3 is 0 Å². The first kappa shape index (κ1) is 14.6. The van der Waals surface area contributed by atoms with Gasteiger partial charge in [0.15, 0.2) is 0 Å². The second-order valence-corrected chi connectivity index (χ2v) is 6.18. The van der Waals surface area contributed by atoms with Crippen LogP contribution in [0.4, 0.5) is 0 Å². The van der Waals surface area contributed by atoms with E-state index in [1.807, 2.05) is 17.0 Å². The van der Waals surface area contributed by atoms with E-state index in [2.05, 4.69) is 13.8 Å². The highest BCUT2D eigenvalue weighted by Gasteiger charge is 2.39. The molecule has 0 saturated carbocycles. The van der Waals surface area contributed by atoms with Gasteiger partial charge in [0.2, 0.25) is 5.91 Å². The van der Waals surface area contributed by atoms with Gasteiger partial charge in [-0.05, 0) is 17.5 Å². The summed E-state index contributed by atoms with van der Waals surface area (Å²) in [7, 11) is 0. The Morgan fingerprint density at radius 2 is 2.11 bits per heavy atom. The van der Waals surface area contributed by atoms with Gasteiger partial charge in [-0.1, -0.05) is 49.2 Å². The molecule has 19 heavy (non-hydrogen) atoms. The minimum Gasteiger partial charge on any atom is -0.334 e. The third-order valence-electron chi connectivity index (χ3n) is 3.33. The van der Waals surface area contributed by atoms with Gasteiger partial charge in [-0.15, -0.1) is 0 Å². The Kier molecular flexibility index (Phi) is 4.39. The molecular weight excluding hydrogens is 283 g/mol. The highest BCUT2D eigenvalue weighted by molar-refractivity contribution is 6.42. The summed E-state index contributed by atoms with van der Waals surface area (Å²) in [5.41, 5.74) is 6.96. The van der Waals surface area contributed by atoms with Crippen molar-refractivity contribution in [3.63, 3.8) is 0 Å². The smallest absolute Gasteiger partial charge is 0.224 e. The zero-order valence-corrected chi connectivity index (χ0v) is 12.6. The lowest BCUT2D eigenvalue weighted by molar-refractivity contribution is -0.129. The van der Waals surface area contributed by atoms with Crippen molar-refractivity contribution in [2.45, 2.75) is 32.4 Å². The largest absolute Gasteiger partial charge is 0.334 e. The van der Waals surface area contributed by atoms with Gasteiger partial charge in [-0.25, -0.2) is 0 Å². The zero-order chi connectivity index (χ0) is 14.2. The molecule has 0 radical (unpaired) electrons. The first-order valence-electron chi connectivity index (χ1n) is 6.40. The molecule has 5 heteroatoms. The van der Waals surface area contributed by atoms with E-state index in [1.54, 1.807) is 6.07 Å². The van der Waals surface area contributed by atoms with Crippen LogP contribution >= 0.6 is 23.2 Å². The van der Waals surface area contributed by atoms with Crippen molar-refractivity contribution in [1.82, 2.24) is 4.90 Å². The molecule has 1 heterocycles. The summed E-state index contributed by atoms with van der Waals surface area (Å²) < 4.78 is 0. The van der Waals surface area contributed by atoms with Crippen LogP contribution in [0.25, 0.3) is 0 Å². The van der Waals surface area contributed by atoms with Crippen LogP contribution in [0.1, 0.15) is 31.9 Å². The van der Waals surface area contributed by atoms with E-state index in [-0.39, 0.29) is 18.0 Å². The van der Waals surface area contributed by atoms with Gasteiger partial charge in [0.25, 0.3) is 0 Å². The van der Waals surface area contributed by atoms with Crippen molar-refractivity contribution < 1.29 is 4.79 Å². The molecule has 0 aliphatic carbocycles. The van der Waals surface area contributed by atoms with E-state index in [9.17, 15) is 4.79 Å². The monoisotopic (exact) mass is 300 g/mol. The van der Waals surface area contributed by atoms with E-state index < -0.39 is 0 Å². The molecule has 1 fully saturated rings. The maximum absolute atomic E-state index is 12.1. The van der Waals surface area contributed by atoms with Crippen molar-refractivity contribution in [2.75, 3.05) is 6.54 Å². The standard InChI is InChI=1S/C14H18Cl2N2O/c1-8(2)7-18-12(19)6-11(17)14(18)9-4-3-5-10(15)13(9)16/h3-5,8,11,14H,6-7,17H2,1-2H3. The number of hydrogen-bond acceptors (Lipinski definition) is 2. The molecular formula is C14H18Cl2N2O. The number of rotatable bonds is 3. The van der Waals surface area contributed by atoms with Crippen LogP contribution in [-0.4, -0.2) is 23.4 Å². The number of benzene rings is 1. The lowest BCUT2D eigenvalue weighted by Crippen LogP contribution is -2.35. The summed E-state index contributed by atoms with van der Waals surface area (Å²) in [6.07, 6.45) is 0.361. The number of amides is 1. The Balaban J connectivity index is 2.39. The van der Waals surface area contributed by atoms with Gasteiger partial charge in [0.1, 0.15) is 0 Å². The second-order valence-electron chi connectivity index (χ2n) is 5.40. The summed E-state index contributed by atoms with van der Waals surface area (Å²) >= 11 is 12.3. The van der Waals surface area contributed by atoms with Crippen molar-refractivity contribution in [2.24, 2.45) is 11.7 Å². The molecule has 0 spiro atoms. The van der Waals surface area contributed by atoms with Gasteiger partial charge in [0, 0.05) is 19.0 Å². The number of hydrogen-bond donors (Lipinski definition) is 1. The number of halogens is 2. The summed E-state index contributed by atoms with van der Waals surface area (Å²) in [6.45, 7) is 4.83. The van der Waals surface area contributed by atoms with E-state index in [1.165, 1.54) is 0 Å². The van der Waals surface area contributed by atoms with Crippen LogP contribution in [0.3, 0.4) is 0 Å². The minimum absolute atomic E-state index is 0.0854. The fraction of sp³-hybridized carbons (Fsp3) is 0.500. The Morgan fingerprint density at radius 3 is 2.74 bits per heavy atom. The minimum atomic E-state index is -0.234. The molecule has 2 rings (SSSR count). The lowest BCUT2D eigenvalue weighted by atomic mass is 10.00. The molecule has 2 atom stereocenters. The Bertz CT molecular complexity index is 490. The molecule has 0 aromatic heterocycles. The summed E-state index contributed by atoms with van der Waals surface area (Å²) in [4.78, 5) is 13.9. The highest BCUT2D eigenvalue weighted by Crippen LogP contribution is 2.38. The molecule has 104 valence electrons. The average Bonchev–Trinajstić information content (AvgIpc) is 2.58. The van der Waals surface area contributed by atoms with Gasteiger partial charge < -0.3 is 10.6 Å². The van der Waals surface area contributed by atoms with Crippen LogP contribution < -0.4 is 5.73 Å². The topological polar surface area (TPSA) is 46.3 Å². The Morgan fingerprint density at radius 1 is 1.42 bits per heavy atom. The first-order chi connectivity index (χ1) is 8.91. The number of carbonyl (C=O) groups excluding carboxylic acids is 1. The van der Waals surface area contributed by atoms with Crippen molar-refractivity contribution in [3.8, 4) is 0 Å². The van der Waals surface area contributed by atoms with Crippen LogP contribution in [0, 0.1) is 5.92 Å². The van der Waals surface area contributed by atoms with E-state index in [0.29, 0.717) is 28.9 Å². The third-order valence-corrected chi connectivity index (χ3v) is 4.17. The van der Waals surface area contributed by atoms with Crippen LogP contribution in [0.15, 0.2) is 18.2 Å². The van der Waals surface area contributed by atoms with Crippen LogP contribution in [0.2, 0.25) is 10.0 Å². The second kappa shape index (κ2) is 5.70. The molecule has 1 aromatic carbocycles. The number of nitrogens with zero attached hydrogens (tertiary/aromatic N) is 1. The van der Waals surface area contributed by atoms with Gasteiger partial charge in [0.05, 0.1) is 16.1 Å². The van der Waals surface area contributed by atoms with E-state index in [0.717, 1.165) is 5.56 Å². The fourth-order valence-corrected chi connectivity index (χ4v) is 2.99. The molecule has 1 aliphatic rings. The van der Waals surface area contributed by atoms with Crippen molar-refractivity contribution in [1.29, 1.82) is 0 Å². The summed E-state index contributed by atoms with van der Waals surface area (Å²) in [6, 6.07) is 5.06. The normalized spacial score (nSPS) is 23.5. The molecule has 1 saturated heterocycles. The van der Waals surface area contributed by atoms with Crippen LogP contribution in [0.5, 0.6) is 0 Å². The Hall–Kier alpha value is -0.770. The van der Waals surface area contributed by atoms with Crippen LogP contribution in [-0.2, 0) is 4.79 Å². The van der Waals surface area contributed by atoms with Gasteiger partial charge in [-0.2, -0.15) is 0 Å². The molecule has 2 N–H and O–H groups in total. The third kappa shape index (κ3) is 2.88. The van der Waals surface area contributed by atoms with E-state index in [4.69, 9.17) is 28.9 Å². The molecule has 1 aromatic rings. The van der Waals surface area contributed by atoms with Gasteiger partial charge in [-0.3, -0.25) is 4.79 Å². The molecule has 3 nitrogen and oxygen atoms in total. The number of carbonyl (C=O) groups is 1.